The molecule has 4 nitrogen and oxygen atoms in total. The van der Waals surface area contributed by atoms with Gasteiger partial charge in [-0.05, 0) is 68.0 Å². The highest BCUT2D eigenvalue weighted by Gasteiger charge is 2.45. The summed E-state index contributed by atoms with van der Waals surface area (Å²) in [5, 5.41) is 0. The third-order valence-corrected chi connectivity index (χ3v) is 8.47. The van der Waals surface area contributed by atoms with Gasteiger partial charge in [-0.15, -0.1) is 0 Å². The fraction of sp³-hybridized carbons (Fsp3) is 0.633. The molecule has 0 saturated carbocycles. The molecule has 0 aliphatic carbocycles. The molecule has 34 heavy (non-hydrogen) atoms. The van der Waals surface area contributed by atoms with E-state index in [-0.39, 0.29) is 22.2 Å². The van der Waals surface area contributed by atoms with Crippen molar-refractivity contribution < 1.29 is 4.79 Å². The Morgan fingerprint density at radius 2 is 1.59 bits per heavy atom. The van der Waals surface area contributed by atoms with Gasteiger partial charge >= 0.3 is 0 Å². The number of aryl methyl sites for hydroxylation is 1. The summed E-state index contributed by atoms with van der Waals surface area (Å²) in [5.74, 6) is 0.249. The Bertz CT molecular complexity index is 1060. The van der Waals surface area contributed by atoms with E-state index in [2.05, 4.69) is 86.4 Å². The molecular formula is C30H45N3O. The van der Waals surface area contributed by atoms with Crippen LogP contribution in [0.3, 0.4) is 0 Å². The van der Waals surface area contributed by atoms with Crippen LogP contribution in [0, 0.1) is 12.3 Å². The number of hydrogen-bond acceptors (Lipinski definition) is 3. The van der Waals surface area contributed by atoms with Crippen LogP contribution < -0.4 is 0 Å². The number of carbonyl (C=O) groups is 1. The first-order valence-electron chi connectivity index (χ1n) is 13.1. The van der Waals surface area contributed by atoms with E-state index in [1.807, 2.05) is 20.8 Å². The zero-order chi connectivity index (χ0) is 25.1. The van der Waals surface area contributed by atoms with Gasteiger partial charge in [-0.1, -0.05) is 59.7 Å². The maximum atomic E-state index is 13.1. The lowest BCUT2D eigenvalue weighted by Crippen LogP contribution is -2.56. The topological polar surface area (TPSA) is 28.5 Å². The van der Waals surface area contributed by atoms with Crippen LogP contribution >= 0.6 is 0 Å². The van der Waals surface area contributed by atoms with Crippen LogP contribution in [0.1, 0.15) is 100 Å². The highest BCUT2D eigenvalue weighted by Crippen LogP contribution is 2.43. The average Bonchev–Trinajstić information content (AvgIpc) is 3.19. The van der Waals surface area contributed by atoms with Crippen molar-refractivity contribution in [1.82, 2.24) is 14.4 Å². The van der Waals surface area contributed by atoms with Crippen molar-refractivity contribution in [2.75, 3.05) is 26.7 Å². The minimum absolute atomic E-state index is 0.0247. The number of fused-ring (bicyclic) bond motifs is 2. The number of Topliss-reactive ketones (excluding diaryl/α,β-unsaturated/α-hetero) is 1. The van der Waals surface area contributed by atoms with Gasteiger partial charge in [-0.2, -0.15) is 0 Å². The van der Waals surface area contributed by atoms with Gasteiger partial charge < -0.3 is 4.57 Å². The van der Waals surface area contributed by atoms with Gasteiger partial charge in [0.15, 0.2) is 5.78 Å². The van der Waals surface area contributed by atoms with Crippen LogP contribution in [-0.2, 0) is 17.5 Å². The Morgan fingerprint density at radius 1 is 0.941 bits per heavy atom. The van der Waals surface area contributed by atoms with Crippen LogP contribution in [0.15, 0.2) is 30.3 Å². The summed E-state index contributed by atoms with van der Waals surface area (Å²) < 4.78 is 2.33. The van der Waals surface area contributed by atoms with Gasteiger partial charge in [0.2, 0.25) is 0 Å². The lowest BCUT2D eigenvalue weighted by atomic mass is 9.80. The lowest BCUT2D eigenvalue weighted by Gasteiger charge is -2.51. The first kappa shape index (κ1) is 25.2. The predicted octanol–water partition coefficient (Wildman–Crippen LogP) is 6.32. The van der Waals surface area contributed by atoms with Gasteiger partial charge in [0.05, 0.1) is 11.2 Å². The zero-order valence-electron chi connectivity index (χ0n) is 23.0. The number of benzene rings is 1. The number of carbonyl (C=O) groups excluding carboxylic acids is 1. The van der Waals surface area contributed by atoms with Crippen LogP contribution in [0.2, 0.25) is 0 Å². The summed E-state index contributed by atoms with van der Waals surface area (Å²) in [6.07, 6.45) is 2.19. The first-order chi connectivity index (χ1) is 15.8. The molecule has 4 rings (SSSR count). The summed E-state index contributed by atoms with van der Waals surface area (Å²) in [4.78, 5) is 18.3. The van der Waals surface area contributed by atoms with Gasteiger partial charge in [0.25, 0.3) is 0 Å². The number of ketones is 1. The van der Waals surface area contributed by atoms with Crippen LogP contribution in [0.5, 0.6) is 0 Å². The smallest absolute Gasteiger partial charge is 0.184 e. The van der Waals surface area contributed by atoms with Crippen LogP contribution in [-0.4, -0.2) is 46.8 Å². The second kappa shape index (κ2) is 8.64. The number of likely N-dealkylation sites (tertiary alicyclic amines) is 1. The van der Waals surface area contributed by atoms with Crippen molar-refractivity contribution in [3.05, 3.63) is 58.4 Å². The van der Waals surface area contributed by atoms with E-state index in [0.29, 0.717) is 6.04 Å². The lowest BCUT2D eigenvalue weighted by molar-refractivity contribution is 0.00153. The molecule has 4 heteroatoms. The van der Waals surface area contributed by atoms with E-state index >= 15 is 0 Å². The van der Waals surface area contributed by atoms with Crippen molar-refractivity contribution in [2.45, 2.75) is 91.8 Å². The SMILES string of the molecule is Cc1cc(C(C)N2CCC3(CC2)c2ccc(C(=O)C(C)(C)C)n2CCN3C)ccc1C(C)(C)C. The van der Waals surface area contributed by atoms with E-state index in [9.17, 15) is 4.79 Å². The van der Waals surface area contributed by atoms with Crippen molar-refractivity contribution in [3.8, 4) is 0 Å². The van der Waals surface area contributed by atoms with Gasteiger partial charge in [0.1, 0.15) is 0 Å². The molecule has 1 spiro atoms. The Balaban J connectivity index is 1.55. The Hall–Kier alpha value is -1.91. The molecule has 1 aromatic heterocycles. The normalized spacial score (nSPS) is 20.4. The molecule has 0 bridgehead atoms. The number of piperidine rings is 1. The summed E-state index contributed by atoms with van der Waals surface area (Å²) in [6, 6.07) is 11.8. The fourth-order valence-electron chi connectivity index (χ4n) is 6.28. The number of hydrogen-bond donors (Lipinski definition) is 0. The second-order valence-corrected chi connectivity index (χ2v) is 12.8. The number of aromatic nitrogens is 1. The summed E-state index contributed by atoms with van der Waals surface area (Å²) in [5.41, 5.74) is 6.32. The molecule has 1 aromatic carbocycles. The van der Waals surface area contributed by atoms with Gasteiger partial charge in [-0.3, -0.25) is 14.6 Å². The third-order valence-electron chi connectivity index (χ3n) is 8.47. The number of nitrogens with zero attached hydrogens (tertiary/aromatic N) is 3. The number of likely N-dealkylation sites (N-methyl/N-ethyl adjacent to an activating group) is 1. The molecule has 2 aromatic rings. The molecule has 0 amide bonds. The average molecular weight is 464 g/mol. The highest BCUT2D eigenvalue weighted by molar-refractivity contribution is 5.98. The first-order valence-corrected chi connectivity index (χ1v) is 13.1. The Morgan fingerprint density at radius 3 is 2.15 bits per heavy atom. The van der Waals surface area contributed by atoms with Crippen LogP contribution in [0.4, 0.5) is 0 Å². The predicted molar refractivity (Wildman–Crippen MR) is 142 cm³/mol. The van der Waals surface area contributed by atoms with E-state index in [1.54, 1.807) is 0 Å². The molecule has 1 unspecified atom stereocenters. The summed E-state index contributed by atoms with van der Waals surface area (Å²) in [6.45, 7) is 21.6. The van der Waals surface area contributed by atoms with Crippen molar-refractivity contribution in [2.24, 2.45) is 5.41 Å². The molecule has 0 N–H and O–H groups in total. The third kappa shape index (κ3) is 4.28. The quantitative estimate of drug-likeness (QED) is 0.499. The monoisotopic (exact) mass is 463 g/mol. The standard InChI is InChI=1S/C30H45N3O/c1-21-20-23(10-11-24(21)28(3,4)5)22(2)32-16-14-30(15-17-32)26-13-12-25(27(34)29(6,7)8)33(26)19-18-31(30)9/h10-13,20,22H,14-19H2,1-9H3. The Kier molecular flexibility index (Phi) is 6.40. The van der Waals surface area contributed by atoms with E-state index < -0.39 is 0 Å². The van der Waals surface area contributed by atoms with Gasteiger partial charge in [-0.25, -0.2) is 0 Å². The van der Waals surface area contributed by atoms with Crippen molar-refractivity contribution in [3.63, 3.8) is 0 Å². The molecule has 2 aliphatic heterocycles. The second-order valence-electron chi connectivity index (χ2n) is 12.8. The molecule has 3 heterocycles. The number of rotatable bonds is 3. The summed E-state index contributed by atoms with van der Waals surface area (Å²) in [7, 11) is 2.27. The minimum atomic E-state index is -0.356. The van der Waals surface area contributed by atoms with Crippen molar-refractivity contribution >= 4 is 5.78 Å². The molecule has 1 atom stereocenters. The van der Waals surface area contributed by atoms with E-state index in [4.69, 9.17) is 0 Å². The molecule has 0 radical (unpaired) electrons. The molecule has 2 aliphatic rings. The van der Waals surface area contributed by atoms with E-state index in [0.717, 1.165) is 44.7 Å². The van der Waals surface area contributed by atoms with E-state index in [1.165, 1.54) is 22.4 Å². The fourth-order valence-corrected chi connectivity index (χ4v) is 6.28. The maximum Gasteiger partial charge on any atom is 0.184 e. The minimum Gasteiger partial charge on any atom is -0.339 e. The summed E-state index contributed by atoms with van der Waals surface area (Å²) >= 11 is 0. The highest BCUT2D eigenvalue weighted by atomic mass is 16.1. The maximum absolute atomic E-state index is 13.1. The zero-order valence-corrected chi connectivity index (χ0v) is 23.0. The Labute approximate surface area is 207 Å². The van der Waals surface area contributed by atoms with Crippen molar-refractivity contribution in [1.29, 1.82) is 0 Å². The molecular weight excluding hydrogens is 418 g/mol. The molecule has 186 valence electrons. The van der Waals surface area contributed by atoms with Crippen LogP contribution in [0.25, 0.3) is 0 Å². The molecule has 1 saturated heterocycles. The largest absolute Gasteiger partial charge is 0.339 e. The molecule has 1 fully saturated rings. The van der Waals surface area contributed by atoms with Gasteiger partial charge in [0, 0.05) is 43.3 Å².